The first kappa shape index (κ1) is 19.9. The third kappa shape index (κ3) is 5.86. The highest BCUT2D eigenvalue weighted by atomic mass is 79.9. The number of nitrogens with one attached hydrogen (secondary N) is 2. The molecule has 2 N–H and O–H groups in total. The van der Waals surface area contributed by atoms with Crippen LogP contribution in [0.2, 0.25) is 0 Å². The Labute approximate surface area is 166 Å². The van der Waals surface area contributed by atoms with Gasteiger partial charge >= 0.3 is 0 Å². The third-order valence-corrected chi connectivity index (χ3v) is 3.93. The summed E-state index contributed by atoms with van der Waals surface area (Å²) in [7, 11) is 1.51. The Kier molecular flexibility index (Phi) is 7.17. The number of thiocarbonyl (C=S) groups is 1. The highest BCUT2D eigenvalue weighted by Gasteiger charge is 2.14. The van der Waals surface area contributed by atoms with E-state index < -0.39 is 0 Å². The maximum Gasteiger partial charge on any atom is 0.261 e. The second-order valence-electron chi connectivity index (χ2n) is 5.52. The fourth-order valence-electron chi connectivity index (χ4n) is 2.03. The van der Waals surface area contributed by atoms with Gasteiger partial charge in [0.1, 0.15) is 18.1 Å². The fourth-order valence-corrected chi connectivity index (χ4v) is 2.60. The van der Waals surface area contributed by atoms with E-state index in [2.05, 4.69) is 33.1 Å². The molecule has 5 nitrogen and oxygen atoms in total. The van der Waals surface area contributed by atoms with Crippen LogP contribution in [0, 0.1) is 0 Å². The summed E-state index contributed by atoms with van der Waals surface area (Å²) in [4.78, 5) is 12.4. The van der Waals surface area contributed by atoms with Crippen molar-refractivity contribution in [3.8, 4) is 11.5 Å². The molecule has 136 valence electrons. The molecule has 2 aromatic carbocycles. The van der Waals surface area contributed by atoms with Crippen molar-refractivity contribution in [2.75, 3.05) is 19.0 Å². The van der Waals surface area contributed by atoms with Gasteiger partial charge in [0.25, 0.3) is 5.91 Å². The van der Waals surface area contributed by atoms with Gasteiger partial charge in [0.15, 0.2) is 5.11 Å². The summed E-state index contributed by atoms with van der Waals surface area (Å²) >= 11 is 8.55. The molecule has 0 bridgehead atoms. The number of ether oxygens (including phenoxy) is 2. The molecule has 0 fully saturated rings. The van der Waals surface area contributed by atoms with E-state index in [4.69, 9.17) is 21.7 Å². The normalized spacial score (nSPS) is 9.96. The number of carbonyl (C=O) groups is 1. The van der Waals surface area contributed by atoms with Crippen LogP contribution in [0.25, 0.3) is 0 Å². The van der Waals surface area contributed by atoms with E-state index in [9.17, 15) is 4.79 Å². The number of halogens is 1. The van der Waals surface area contributed by atoms with E-state index in [0.717, 1.165) is 21.5 Å². The van der Waals surface area contributed by atoms with Crippen molar-refractivity contribution in [2.45, 2.75) is 6.92 Å². The average Bonchev–Trinajstić information content (AvgIpc) is 2.60. The second kappa shape index (κ2) is 9.35. The van der Waals surface area contributed by atoms with Crippen molar-refractivity contribution in [1.82, 2.24) is 5.32 Å². The molecular formula is C19H19BrN2O3S. The Morgan fingerprint density at radius 1 is 1.23 bits per heavy atom. The molecule has 26 heavy (non-hydrogen) atoms. The van der Waals surface area contributed by atoms with Gasteiger partial charge in [-0.25, -0.2) is 0 Å². The molecule has 2 rings (SSSR count). The van der Waals surface area contributed by atoms with Crippen molar-refractivity contribution in [3.05, 3.63) is 64.7 Å². The minimum Gasteiger partial charge on any atom is -0.496 e. The maximum absolute atomic E-state index is 12.4. The molecule has 0 saturated carbocycles. The number of hydrogen-bond donors (Lipinski definition) is 2. The van der Waals surface area contributed by atoms with Crippen LogP contribution >= 0.6 is 28.1 Å². The van der Waals surface area contributed by atoms with Gasteiger partial charge < -0.3 is 14.8 Å². The van der Waals surface area contributed by atoms with E-state index in [1.165, 1.54) is 7.11 Å². The topological polar surface area (TPSA) is 59.6 Å². The molecule has 0 atom stereocenters. The summed E-state index contributed by atoms with van der Waals surface area (Å²) in [5, 5.41) is 5.79. The van der Waals surface area contributed by atoms with Crippen LogP contribution in [0.3, 0.4) is 0 Å². The monoisotopic (exact) mass is 434 g/mol. The zero-order valence-corrected chi connectivity index (χ0v) is 16.9. The molecule has 0 aliphatic carbocycles. The van der Waals surface area contributed by atoms with Crippen molar-refractivity contribution in [3.63, 3.8) is 0 Å². The van der Waals surface area contributed by atoms with E-state index in [1.54, 1.807) is 18.2 Å². The number of anilines is 1. The zero-order valence-electron chi connectivity index (χ0n) is 14.5. The molecule has 1 amide bonds. The standard InChI is InChI=1S/C19H19BrN2O3S/c1-12(2)11-25-15-7-5-14(6-8-15)21-19(26)22-18(23)16-10-13(20)4-9-17(16)24-3/h4-10H,1,11H2,2-3H3,(H2,21,22,23,26). The molecule has 0 heterocycles. The van der Waals surface area contributed by atoms with Crippen LogP contribution in [0.4, 0.5) is 5.69 Å². The van der Waals surface area contributed by atoms with Crippen LogP contribution in [0.5, 0.6) is 11.5 Å². The summed E-state index contributed by atoms with van der Waals surface area (Å²) in [6, 6.07) is 12.4. The Morgan fingerprint density at radius 2 is 1.92 bits per heavy atom. The molecule has 7 heteroatoms. The van der Waals surface area contributed by atoms with Crippen molar-refractivity contribution >= 4 is 44.9 Å². The Hall–Kier alpha value is -2.38. The maximum atomic E-state index is 12.4. The first-order valence-corrected chi connectivity index (χ1v) is 8.92. The number of rotatable bonds is 6. The largest absolute Gasteiger partial charge is 0.496 e. The van der Waals surface area contributed by atoms with Crippen LogP contribution in [-0.4, -0.2) is 24.7 Å². The van der Waals surface area contributed by atoms with Gasteiger partial charge in [0.2, 0.25) is 0 Å². The molecule has 0 aromatic heterocycles. The molecule has 0 radical (unpaired) electrons. The van der Waals surface area contributed by atoms with Crippen LogP contribution < -0.4 is 20.1 Å². The third-order valence-electron chi connectivity index (χ3n) is 3.23. The van der Waals surface area contributed by atoms with Gasteiger partial charge in [-0.15, -0.1) is 0 Å². The lowest BCUT2D eigenvalue weighted by atomic mass is 10.2. The minimum absolute atomic E-state index is 0.188. The smallest absolute Gasteiger partial charge is 0.261 e. The predicted molar refractivity (Wildman–Crippen MR) is 111 cm³/mol. The zero-order chi connectivity index (χ0) is 19.1. The van der Waals surface area contributed by atoms with Gasteiger partial charge in [0.05, 0.1) is 12.7 Å². The number of methoxy groups -OCH3 is 1. The van der Waals surface area contributed by atoms with Gasteiger partial charge in [-0.2, -0.15) is 0 Å². The van der Waals surface area contributed by atoms with Gasteiger partial charge in [-0.1, -0.05) is 22.5 Å². The highest BCUT2D eigenvalue weighted by molar-refractivity contribution is 9.10. The number of benzene rings is 2. The van der Waals surface area contributed by atoms with Gasteiger partial charge in [-0.3, -0.25) is 10.1 Å². The molecule has 2 aromatic rings. The second-order valence-corrected chi connectivity index (χ2v) is 6.85. The summed E-state index contributed by atoms with van der Waals surface area (Å²) in [5.74, 6) is 0.835. The van der Waals surface area contributed by atoms with Crippen LogP contribution in [0.1, 0.15) is 17.3 Å². The highest BCUT2D eigenvalue weighted by Crippen LogP contribution is 2.23. The summed E-state index contributed by atoms with van der Waals surface area (Å²) in [6.07, 6.45) is 0. The van der Waals surface area contributed by atoms with Crippen molar-refractivity contribution in [2.24, 2.45) is 0 Å². The van der Waals surface area contributed by atoms with E-state index in [1.807, 2.05) is 31.2 Å². The first-order valence-electron chi connectivity index (χ1n) is 7.72. The predicted octanol–water partition coefficient (Wildman–Crippen LogP) is 4.54. The lowest BCUT2D eigenvalue weighted by molar-refractivity contribution is 0.0974. The lowest BCUT2D eigenvalue weighted by Gasteiger charge is -2.12. The number of amides is 1. The first-order chi connectivity index (χ1) is 12.4. The van der Waals surface area contributed by atoms with E-state index in [0.29, 0.717) is 17.9 Å². The minimum atomic E-state index is -0.359. The molecule has 0 unspecified atom stereocenters. The Bertz CT molecular complexity index is 822. The van der Waals surface area contributed by atoms with E-state index in [-0.39, 0.29) is 11.0 Å². The Balaban J connectivity index is 1.97. The van der Waals surface area contributed by atoms with Crippen molar-refractivity contribution < 1.29 is 14.3 Å². The Morgan fingerprint density at radius 3 is 2.54 bits per heavy atom. The molecular weight excluding hydrogens is 416 g/mol. The number of carbonyl (C=O) groups excluding carboxylic acids is 1. The SMILES string of the molecule is C=C(C)COc1ccc(NC(=S)NC(=O)c2cc(Br)ccc2OC)cc1. The quantitative estimate of drug-likeness (QED) is 0.516. The summed E-state index contributed by atoms with van der Waals surface area (Å²) in [5.41, 5.74) is 2.06. The lowest BCUT2D eigenvalue weighted by Crippen LogP contribution is -2.34. The van der Waals surface area contributed by atoms with Gasteiger partial charge in [0, 0.05) is 10.2 Å². The van der Waals surface area contributed by atoms with Gasteiger partial charge in [-0.05, 0) is 67.2 Å². The number of hydrogen-bond acceptors (Lipinski definition) is 4. The average molecular weight is 435 g/mol. The molecule has 0 aliphatic heterocycles. The van der Waals surface area contributed by atoms with Crippen LogP contribution in [0.15, 0.2) is 59.1 Å². The van der Waals surface area contributed by atoms with Crippen LogP contribution in [-0.2, 0) is 0 Å². The fraction of sp³-hybridized carbons (Fsp3) is 0.158. The molecule has 0 aliphatic rings. The van der Waals surface area contributed by atoms with Crippen molar-refractivity contribution in [1.29, 1.82) is 0 Å². The van der Waals surface area contributed by atoms with E-state index >= 15 is 0 Å². The molecule has 0 spiro atoms. The summed E-state index contributed by atoms with van der Waals surface area (Å²) < 4.78 is 11.5. The molecule has 0 saturated heterocycles. The summed E-state index contributed by atoms with van der Waals surface area (Å²) in [6.45, 7) is 6.16.